The lowest BCUT2D eigenvalue weighted by Crippen LogP contribution is -2.50. The maximum Gasteiger partial charge on any atom is 0.324 e. The number of rotatable bonds is 5. The zero-order chi connectivity index (χ0) is 20.5. The minimum atomic E-state index is -0.148. The fourth-order valence-corrected chi connectivity index (χ4v) is 4.27. The molecule has 2 aliphatic rings. The van der Waals surface area contributed by atoms with Gasteiger partial charge in [-0.1, -0.05) is 35.0 Å². The molecular formula is C21H24N6O2S. The number of aromatic nitrogens is 3. The molecule has 5 rings (SSSR count). The normalized spacial score (nSPS) is 16.7. The zero-order valence-electron chi connectivity index (χ0n) is 16.9. The van der Waals surface area contributed by atoms with Crippen LogP contribution in [-0.2, 0) is 6.42 Å². The average Bonchev–Trinajstić information content (AvgIpc) is 3.33. The molecule has 1 N–H and O–H groups in total. The third-order valence-electron chi connectivity index (χ3n) is 5.53. The predicted octanol–water partition coefficient (Wildman–Crippen LogP) is 3.66. The Morgan fingerprint density at radius 2 is 1.97 bits per heavy atom. The number of piperazine rings is 1. The molecule has 8 nitrogen and oxygen atoms in total. The summed E-state index contributed by atoms with van der Waals surface area (Å²) in [5.74, 6) is 1.77. The Hall–Kier alpha value is -2.94. The van der Waals surface area contributed by atoms with E-state index in [1.165, 1.54) is 22.7 Å². The molecule has 0 bridgehead atoms. The number of nitrogens with one attached hydrogen (secondary N) is 1. The third kappa shape index (κ3) is 4.30. The number of benzene rings is 1. The van der Waals surface area contributed by atoms with Gasteiger partial charge >= 0.3 is 6.03 Å². The van der Waals surface area contributed by atoms with Gasteiger partial charge in [-0.25, -0.2) is 9.78 Å². The Balaban J connectivity index is 1.13. The molecular weight excluding hydrogens is 400 g/mol. The molecule has 1 saturated carbocycles. The van der Waals surface area contributed by atoms with E-state index >= 15 is 0 Å². The summed E-state index contributed by atoms with van der Waals surface area (Å²) in [5.41, 5.74) is 3.40. The molecule has 2 aromatic heterocycles. The van der Waals surface area contributed by atoms with E-state index in [1.54, 1.807) is 4.90 Å². The van der Waals surface area contributed by atoms with Gasteiger partial charge in [-0.2, -0.15) is 4.37 Å². The van der Waals surface area contributed by atoms with E-state index in [9.17, 15) is 4.79 Å². The number of hydrogen-bond acceptors (Lipinski definition) is 7. The first-order valence-electron chi connectivity index (χ1n) is 10.3. The summed E-state index contributed by atoms with van der Waals surface area (Å²) in [4.78, 5) is 21.2. The highest BCUT2D eigenvalue weighted by molar-refractivity contribution is 7.09. The van der Waals surface area contributed by atoms with E-state index in [-0.39, 0.29) is 6.03 Å². The van der Waals surface area contributed by atoms with Crippen molar-refractivity contribution in [1.82, 2.24) is 19.4 Å². The fraction of sp³-hybridized carbons (Fsp3) is 0.429. The van der Waals surface area contributed by atoms with Crippen molar-refractivity contribution in [2.75, 3.05) is 36.4 Å². The van der Waals surface area contributed by atoms with Crippen LogP contribution in [0.1, 0.15) is 41.4 Å². The summed E-state index contributed by atoms with van der Waals surface area (Å²) in [5, 5.41) is 7.77. The lowest BCUT2D eigenvalue weighted by molar-refractivity contribution is 0.207. The lowest BCUT2D eigenvalue weighted by atomic mass is 10.1. The van der Waals surface area contributed by atoms with Gasteiger partial charge in [0, 0.05) is 56.1 Å². The van der Waals surface area contributed by atoms with Crippen molar-refractivity contribution in [3.63, 3.8) is 0 Å². The predicted molar refractivity (Wildman–Crippen MR) is 115 cm³/mol. The molecule has 1 aliphatic carbocycles. The number of hydrogen-bond donors (Lipinski definition) is 1. The van der Waals surface area contributed by atoms with Gasteiger partial charge in [-0.05, 0) is 25.3 Å². The second-order valence-electron chi connectivity index (χ2n) is 7.95. The molecule has 3 heterocycles. The Kier molecular flexibility index (Phi) is 5.12. The van der Waals surface area contributed by atoms with Gasteiger partial charge in [0.2, 0.25) is 11.0 Å². The largest absolute Gasteiger partial charge is 0.343 e. The summed E-state index contributed by atoms with van der Waals surface area (Å²) < 4.78 is 9.76. The van der Waals surface area contributed by atoms with Crippen molar-refractivity contribution in [2.24, 2.45) is 0 Å². The smallest absolute Gasteiger partial charge is 0.324 e. The van der Waals surface area contributed by atoms with Gasteiger partial charge in [0.15, 0.2) is 0 Å². The number of amides is 2. The van der Waals surface area contributed by atoms with E-state index in [0.717, 1.165) is 49.0 Å². The van der Waals surface area contributed by atoms with Crippen LogP contribution in [0.5, 0.6) is 0 Å². The highest BCUT2D eigenvalue weighted by Crippen LogP contribution is 2.40. The number of urea groups is 1. The summed E-state index contributed by atoms with van der Waals surface area (Å²) in [6, 6.07) is 10.1. The average molecular weight is 425 g/mol. The highest BCUT2D eigenvalue weighted by atomic mass is 32.1. The van der Waals surface area contributed by atoms with Gasteiger partial charge in [0.25, 0.3) is 0 Å². The van der Waals surface area contributed by atoms with Crippen LogP contribution in [0.4, 0.5) is 15.8 Å². The molecule has 2 amide bonds. The van der Waals surface area contributed by atoms with E-state index in [2.05, 4.69) is 50.9 Å². The molecule has 1 saturated heterocycles. The van der Waals surface area contributed by atoms with Crippen molar-refractivity contribution in [2.45, 2.75) is 32.1 Å². The molecule has 156 valence electrons. The molecule has 2 fully saturated rings. The Labute approximate surface area is 179 Å². The maximum absolute atomic E-state index is 12.5. The number of aryl methyl sites for hydroxylation is 1. The number of carbonyl (C=O) groups excluding carboxylic acids is 1. The van der Waals surface area contributed by atoms with Crippen LogP contribution in [0.25, 0.3) is 0 Å². The zero-order valence-corrected chi connectivity index (χ0v) is 17.7. The molecule has 0 atom stereocenters. The molecule has 1 aliphatic heterocycles. The van der Waals surface area contributed by atoms with E-state index < -0.39 is 0 Å². The molecule has 3 aromatic rings. The fourth-order valence-electron chi connectivity index (χ4n) is 3.54. The van der Waals surface area contributed by atoms with E-state index in [0.29, 0.717) is 24.9 Å². The van der Waals surface area contributed by atoms with E-state index in [1.807, 2.05) is 6.07 Å². The summed E-state index contributed by atoms with van der Waals surface area (Å²) >= 11 is 1.42. The van der Waals surface area contributed by atoms with Crippen LogP contribution in [-0.4, -0.2) is 51.6 Å². The molecule has 0 spiro atoms. The molecule has 1 aromatic carbocycles. The van der Waals surface area contributed by atoms with E-state index in [4.69, 9.17) is 9.51 Å². The Morgan fingerprint density at radius 3 is 2.70 bits per heavy atom. The highest BCUT2D eigenvalue weighted by Gasteiger charge is 2.28. The van der Waals surface area contributed by atoms with Crippen molar-refractivity contribution < 1.29 is 9.32 Å². The van der Waals surface area contributed by atoms with Crippen molar-refractivity contribution in [3.8, 4) is 0 Å². The summed E-state index contributed by atoms with van der Waals surface area (Å²) in [7, 11) is 0. The Bertz CT molecular complexity index is 1020. The first kappa shape index (κ1) is 19.0. The van der Waals surface area contributed by atoms with Crippen LogP contribution in [0.15, 0.2) is 34.9 Å². The number of carbonyl (C=O) groups is 1. The van der Waals surface area contributed by atoms with Crippen molar-refractivity contribution in [3.05, 3.63) is 53.0 Å². The standard InChI is InChI=1S/C21H24N6O2S/c1-14-2-4-15(5-3-14)12-18-22-21(30-25-18)27-10-8-26(9-11-27)20(28)23-19-13-17(24-29-19)16-6-7-16/h2-5,13,16H,6-12H2,1H3,(H,23,28). The minimum Gasteiger partial charge on any atom is -0.343 e. The Morgan fingerprint density at radius 1 is 1.20 bits per heavy atom. The van der Waals surface area contributed by atoms with Gasteiger partial charge in [-0.3, -0.25) is 5.32 Å². The van der Waals surface area contributed by atoms with Crippen LogP contribution in [0, 0.1) is 6.92 Å². The lowest BCUT2D eigenvalue weighted by Gasteiger charge is -2.34. The monoisotopic (exact) mass is 424 g/mol. The number of nitrogens with zero attached hydrogens (tertiary/aromatic N) is 5. The second-order valence-corrected chi connectivity index (χ2v) is 8.68. The summed E-state index contributed by atoms with van der Waals surface area (Å²) in [6.45, 7) is 4.80. The first-order valence-corrected chi connectivity index (χ1v) is 11.1. The van der Waals surface area contributed by atoms with Crippen LogP contribution in [0.2, 0.25) is 0 Å². The molecule has 0 unspecified atom stereocenters. The molecule has 0 radical (unpaired) electrons. The van der Waals surface area contributed by atoms with Crippen molar-refractivity contribution in [1.29, 1.82) is 0 Å². The van der Waals surface area contributed by atoms with Gasteiger partial charge < -0.3 is 14.3 Å². The second kappa shape index (κ2) is 8.06. The van der Waals surface area contributed by atoms with Crippen LogP contribution >= 0.6 is 11.5 Å². The van der Waals surface area contributed by atoms with Gasteiger partial charge in [0.05, 0.1) is 5.69 Å². The van der Waals surface area contributed by atoms with Crippen LogP contribution < -0.4 is 10.2 Å². The quantitative estimate of drug-likeness (QED) is 0.673. The van der Waals surface area contributed by atoms with Crippen LogP contribution in [0.3, 0.4) is 0 Å². The van der Waals surface area contributed by atoms with Gasteiger partial charge in [-0.15, -0.1) is 0 Å². The molecule has 9 heteroatoms. The topological polar surface area (TPSA) is 87.4 Å². The first-order chi connectivity index (χ1) is 14.6. The molecule has 30 heavy (non-hydrogen) atoms. The minimum absolute atomic E-state index is 0.148. The SMILES string of the molecule is Cc1ccc(Cc2nsc(N3CCN(C(=O)Nc4cc(C5CC5)no4)CC3)n2)cc1. The van der Waals surface area contributed by atoms with Crippen molar-refractivity contribution >= 4 is 28.6 Å². The summed E-state index contributed by atoms with van der Waals surface area (Å²) in [6.07, 6.45) is 3.04. The third-order valence-corrected chi connectivity index (χ3v) is 6.35. The van der Waals surface area contributed by atoms with Gasteiger partial charge in [0.1, 0.15) is 5.82 Å². The maximum atomic E-state index is 12.5. The number of anilines is 2.